The number of carboxylic acid groups (broad SMARTS) is 1. The number of ether oxygens (including phenoxy) is 2. The normalized spacial score (nSPS) is 11.8. The van der Waals surface area contributed by atoms with Crippen molar-refractivity contribution in [1.82, 2.24) is 0 Å². The molecule has 0 aromatic heterocycles. The molecule has 0 aliphatic rings. The van der Waals surface area contributed by atoms with Gasteiger partial charge in [-0.15, -0.1) is 0 Å². The van der Waals surface area contributed by atoms with Gasteiger partial charge in [0.05, 0.1) is 5.56 Å². The lowest BCUT2D eigenvalue weighted by atomic mass is 10.1. The third-order valence-corrected chi connectivity index (χ3v) is 1.98. The summed E-state index contributed by atoms with van der Waals surface area (Å²) in [5.74, 6) is -3.38. The van der Waals surface area contributed by atoms with E-state index in [1.54, 1.807) is 20.8 Å². The number of rotatable bonds is 4. The molecule has 0 saturated heterocycles. The molecule has 0 aliphatic heterocycles. The minimum absolute atomic E-state index is 0.144. The number of halogens is 2. The Morgan fingerprint density at radius 2 is 1.60 bits per heavy atom. The number of carbonyl (C=O) groups is 2. The summed E-state index contributed by atoms with van der Waals surface area (Å²) in [4.78, 5) is 21.9. The second-order valence-corrected chi connectivity index (χ2v) is 4.95. The molecule has 0 radical (unpaired) electrons. The molecule has 0 fully saturated rings. The van der Waals surface area contributed by atoms with Crippen molar-refractivity contribution in [3.63, 3.8) is 0 Å². The first-order chi connectivity index (χ1) is 9.01. The lowest BCUT2D eigenvalue weighted by Crippen LogP contribution is -2.34. The van der Waals surface area contributed by atoms with Gasteiger partial charge in [0.15, 0.2) is 0 Å². The SMILES string of the molecule is CC(C)(C)OC(=O)c1ccc(OC(F)(F)C(=O)O)cc1. The molecule has 0 unspecified atom stereocenters. The summed E-state index contributed by atoms with van der Waals surface area (Å²) in [6.07, 6.45) is -4.33. The molecule has 1 N–H and O–H groups in total. The van der Waals surface area contributed by atoms with E-state index in [-0.39, 0.29) is 11.3 Å². The predicted molar refractivity (Wildman–Crippen MR) is 64.8 cm³/mol. The van der Waals surface area contributed by atoms with E-state index >= 15 is 0 Å². The smallest absolute Gasteiger partial charge is 0.474 e. The number of aliphatic carboxylic acids is 1. The van der Waals surface area contributed by atoms with E-state index in [1.165, 1.54) is 12.1 Å². The van der Waals surface area contributed by atoms with E-state index in [0.717, 1.165) is 12.1 Å². The summed E-state index contributed by atoms with van der Waals surface area (Å²) < 4.78 is 34.7. The largest absolute Gasteiger partial charge is 0.501 e. The molecule has 0 saturated carbocycles. The number of hydrogen-bond donors (Lipinski definition) is 1. The van der Waals surface area contributed by atoms with Crippen LogP contribution in [0.25, 0.3) is 0 Å². The molecule has 5 nitrogen and oxygen atoms in total. The van der Waals surface area contributed by atoms with Crippen LogP contribution in [-0.4, -0.2) is 28.8 Å². The zero-order valence-electron chi connectivity index (χ0n) is 11.1. The van der Waals surface area contributed by atoms with Crippen molar-refractivity contribution < 1.29 is 33.0 Å². The quantitative estimate of drug-likeness (QED) is 0.862. The fourth-order valence-corrected chi connectivity index (χ4v) is 1.19. The van der Waals surface area contributed by atoms with Crippen LogP contribution in [0.2, 0.25) is 0 Å². The third kappa shape index (κ3) is 4.49. The van der Waals surface area contributed by atoms with Crippen molar-refractivity contribution in [3.8, 4) is 5.75 Å². The van der Waals surface area contributed by atoms with Gasteiger partial charge < -0.3 is 14.6 Å². The summed E-state index contributed by atoms with van der Waals surface area (Å²) in [6, 6.07) is 4.55. The number of esters is 1. The summed E-state index contributed by atoms with van der Waals surface area (Å²) in [7, 11) is 0. The van der Waals surface area contributed by atoms with Crippen molar-refractivity contribution in [3.05, 3.63) is 29.8 Å². The Kier molecular flexibility index (Phi) is 4.32. The second kappa shape index (κ2) is 5.44. The Morgan fingerprint density at radius 3 is 2.00 bits per heavy atom. The molecule has 7 heteroatoms. The van der Waals surface area contributed by atoms with E-state index in [1.807, 2.05) is 0 Å². The fraction of sp³-hybridized carbons (Fsp3) is 0.385. The van der Waals surface area contributed by atoms with E-state index < -0.39 is 23.6 Å². The highest BCUT2D eigenvalue weighted by Gasteiger charge is 2.42. The maximum atomic E-state index is 12.8. The van der Waals surface area contributed by atoms with Crippen LogP contribution in [0.4, 0.5) is 8.78 Å². The standard InChI is InChI=1S/C13H14F2O5/c1-12(2,3)20-10(16)8-4-6-9(7-5-8)19-13(14,15)11(17)18/h4-7H,1-3H3,(H,17,18). The highest BCUT2D eigenvalue weighted by atomic mass is 19.3. The van der Waals surface area contributed by atoms with Crippen LogP contribution >= 0.6 is 0 Å². The molecule has 0 spiro atoms. The molecule has 1 aromatic carbocycles. The topological polar surface area (TPSA) is 72.8 Å². The maximum absolute atomic E-state index is 12.8. The van der Waals surface area contributed by atoms with Gasteiger partial charge in [-0.25, -0.2) is 9.59 Å². The lowest BCUT2D eigenvalue weighted by molar-refractivity contribution is -0.210. The summed E-state index contributed by atoms with van der Waals surface area (Å²) in [6.45, 7) is 5.07. The number of hydrogen-bond acceptors (Lipinski definition) is 4. The molecule has 110 valence electrons. The number of alkyl halides is 2. The van der Waals surface area contributed by atoms with E-state index in [9.17, 15) is 18.4 Å². The van der Waals surface area contributed by atoms with Gasteiger partial charge in [-0.05, 0) is 45.0 Å². The second-order valence-electron chi connectivity index (χ2n) is 4.95. The van der Waals surface area contributed by atoms with Gasteiger partial charge in [-0.1, -0.05) is 0 Å². The molecule has 0 heterocycles. The van der Waals surface area contributed by atoms with Crippen molar-refractivity contribution in [1.29, 1.82) is 0 Å². The average molecular weight is 288 g/mol. The first-order valence-corrected chi connectivity index (χ1v) is 5.65. The molecule has 0 aliphatic carbocycles. The van der Waals surface area contributed by atoms with E-state index in [2.05, 4.69) is 4.74 Å². The Labute approximate surface area is 114 Å². The zero-order valence-corrected chi connectivity index (χ0v) is 11.1. The molecule has 0 bridgehead atoms. The first kappa shape index (κ1) is 15.9. The van der Waals surface area contributed by atoms with Crippen LogP contribution < -0.4 is 4.74 Å². The van der Waals surface area contributed by atoms with Gasteiger partial charge in [0.1, 0.15) is 11.4 Å². The number of carboxylic acids is 1. The molecule has 0 atom stereocenters. The Balaban J connectivity index is 2.80. The number of carbonyl (C=O) groups excluding carboxylic acids is 1. The predicted octanol–water partition coefficient (Wildman–Crippen LogP) is 2.70. The van der Waals surface area contributed by atoms with Gasteiger partial charge in [0.25, 0.3) is 0 Å². The Bertz CT molecular complexity index is 502. The first-order valence-electron chi connectivity index (χ1n) is 5.65. The molecule has 20 heavy (non-hydrogen) atoms. The van der Waals surface area contributed by atoms with Crippen LogP contribution in [0, 0.1) is 0 Å². The van der Waals surface area contributed by atoms with Gasteiger partial charge in [0.2, 0.25) is 0 Å². The molecular formula is C13H14F2O5. The maximum Gasteiger partial charge on any atom is 0.501 e. The van der Waals surface area contributed by atoms with Gasteiger partial charge in [-0.2, -0.15) is 8.78 Å². The minimum atomic E-state index is -4.33. The molecule has 1 rings (SSSR count). The van der Waals surface area contributed by atoms with Crippen molar-refractivity contribution in [2.75, 3.05) is 0 Å². The van der Waals surface area contributed by atoms with Gasteiger partial charge in [-0.3, -0.25) is 0 Å². The molecule has 0 amide bonds. The van der Waals surface area contributed by atoms with E-state index in [4.69, 9.17) is 9.84 Å². The Morgan fingerprint density at radius 1 is 1.10 bits per heavy atom. The molecule has 1 aromatic rings. The minimum Gasteiger partial charge on any atom is -0.474 e. The third-order valence-electron chi connectivity index (χ3n) is 1.98. The average Bonchev–Trinajstić information content (AvgIpc) is 2.26. The van der Waals surface area contributed by atoms with Crippen LogP contribution in [0.15, 0.2) is 24.3 Å². The van der Waals surface area contributed by atoms with Gasteiger partial charge >= 0.3 is 18.0 Å². The lowest BCUT2D eigenvalue weighted by Gasteiger charge is -2.19. The summed E-state index contributed by atoms with van der Waals surface area (Å²) >= 11 is 0. The Hall–Kier alpha value is -2.18. The summed E-state index contributed by atoms with van der Waals surface area (Å²) in [5, 5.41) is 8.22. The summed E-state index contributed by atoms with van der Waals surface area (Å²) in [5.41, 5.74) is -0.534. The van der Waals surface area contributed by atoms with Crippen LogP contribution in [0.3, 0.4) is 0 Å². The number of benzene rings is 1. The van der Waals surface area contributed by atoms with Crippen LogP contribution in [0.5, 0.6) is 5.75 Å². The van der Waals surface area contributed by atoms with E-state index in [0.29, 0.717) is 0 Å². The molecular weight excluding hydrogens is 274 g/mol. The highest BCUT2D eigenvalue weighted by Crippen LogP contribution is 2.23. The monoisotopic (exact) mass is 288 g/mol. The van der Waals surface area contributed by atoms with Crippen molar-refractivity contribution >= 4 is 11.9 Å². The highest BCUT2D eigenvalue weighted by molar-refractivity contribution is 5.89. The van der Waals surface area contributed by atoms with Crippen molar-refractivity contribution in [2.45, 2.75) is 32.5 Å². The fourth-order valence-electron chi connectivity index (χ4n) is 1.19. The van der Waals surface area contributed by atoms with Crippen molar-refractivity contribution in [2.24, 2.45) is 0 Å². The zero-order chi connectivity index (χ0) is 15.6. The van der Waals surface area contributed by atoms with Crippen LogP contribution in [0.1, 0.15) is 31.1 Å². The van der Waals surface area contributed by atoms with Gasteiger partial charge in [0, 0.05) is 0 Å². The van der Waals surface area contributed by atoms with Crippen LogP contribution in [-0.2, 0) is 9.53 Å².